The van der Waals surface area contributed by atoms with Crippen LogP contribution in [0.25, 0.3) is 0 Å². The first kappa shape index (κ1) is 55.1. The number of esters is 1. The summed E-state index contributed by atoms with van der Waals surface area (Å²) in [5.41, 5.74) is 0. The summed E-state index contributed by atoms with van der Waals surface area (Å²) in [4.78, 5) is 12.9. The van der Waals surface area contributed by atoms with E-state index in [0.717, 1.165) is 44.9 Å². The number of carbonyl (C=O) groups excluding carboxylic acids is 1. The Morgan fingerprint density at radius 1 is 0.557 bits per heavy atom. The molecule has 2 fully saturated rings. The predicted octanol–water partition coefficient (Wildman–Crippen LogP) is 5.62. The van der Waals surface area contributed by atoms with Crippen LogP contribution in [-0.2, 0) is 33.2 Å². The quantitative estimate of drug-likeness (QED) is 0.0234. The summed E-state index contributed by atoms with van der Waals surface area (Å²) in [5.74, 6) is -0.456. The summed E-state index contributed by atoms with van der Waals surface area (Å²) in [5, 5.41) is 71.9. The van der Waals surface area contributed by atoms with E-state index < -0.39 is 86.7 Å². The number of allylic oxidation sites excluding steroid dienone is 8. The zero-order valence-corrected chi connectivity index (χ0v) is 37.1. The lowest BCUT2D eigenvalue weighted by molar-refractivity contribution is -0.332. The van der Waals surface area contributed by atoms with E-state index in [1.807, 2.05) is 12.2 Å². The van der Waals surface area contributed by atoms with Gasteiger partial charge in [0.2, 0.25) is 0 Å². The third-order valence-electron chi connectivity index (χ3n) is 10.9. The molecule has 0 bridgehead atoms. The zero-order chi connectivity index (χ0) is 44.5. The Labute approximate surface area is 365 Å². The number of hydrogen-bond acceptors (Lipinski definition) is 14. The second kappa shape index (κ2) is 35.3. The predicted molar refractivity (Wildman–Crippen MR) is 233 cm³/mol. The lowest BCUT2D eigenvalue weighted by Crippen LogP contribution is -2.61. The number of aliphatic hydroxyl groups is 7. The van der Waals surface area contributed by atoms with Gasteiger partial charge < -0.3 is 64.2 Å². The molecule has 7 N–H and O–H groups in total. The molecule has 2 aliphatic rings. The van der Waals surface area contributed by atoms with Gasteiger partial charge in [0, 0.05) is 13.0 Å². The summed E-state index contributed by atoms with van der Waals surface area (Å²) >= 11 is 0. The smallest absolute Gasteiger partial charge is 0.306 e. The Morgan fingerprint density at radius 3 is 1.57 bits per heavy atom. The number of ether oxygens (including phenoxy) is 6. The van der Waals surface area contributed by atoms with Crippen LogP contribution in [0.1, 0.15) is 142 Å². The van der Waals surface area contributed by atoms with E-state index in [4.69, 9.17) is 28.4 Å². The van der Waals surface area contributed by atoms with Gasteiger partial charge in [0.25, 0.3) is 0 Å². The van der Waals surface area contributed by atoms with Crippen LogP contribution in [-0.4, -0.2) is 142 Å². The van der Waals surface area contributed by atoms with Gasteiger partial charge >= 0.3 is 5.97 Å². The summed E-state index contributed by atoms with van der Waals surface area (Å²) in [7, 11) is 0. The first-order valence-corrected chi connectivity index (χ1v) is 23.2. The van der Waals surface area contributed by atoms with Gasteiger partial charge in [0.15, 0.2) is 12.6 Å². The van der Waals surface area contributed by atoms with Crippen LogP contribution in [0.2, 0.25) is 0 Å². The molecule has 0 amide bonds. The molecule has 0 aromatic carbocycles. The summed E-state index contributed by atoms with van der Waals surface area (Å²) in [6.45, 7) is 3.46. The lowest BCUT2D eigenvalue weighted by Gasteiger charge is -2.42. The molecule has 2 rings (SSSR count). The maximum atomic E-state index is 12.9. The first-order chi connectivity index (χ1) is 29.6. The van der Waals surface area contributed by atoms with Crippen molar-refractivity contribution >= 4 is 5.97 Å². The van der Waals surface area contributed by atoms with Crippen LogP contribution in [0.3, 0.4) is 0 Å². The fourth-order valence-corrected chi connectivity index (χ4v) is 7.06. The highest BCUT2D eigenvalue weighted by atomic mass is 16.7. The van der Waals surface area contributed by atoms with E-state index >= 15 is 0 Å². The van der Waals surface area contributed by atoms with Crippen molar-refractivity contribution in [3.63, 3.8) is 0 Å². The number of carbonyl (C=O) groups is 1. The van der Waals surface area contributed by atoms with Gasteiger partial charge in [0.05, 0.1) is 26.4 Å². The Morgan fingerprint density at radius 2 is 1.03 bits per heavy atom. The van der Waals surface area contributed by atoms with Crippen LogP contribution in [0.15, 0.2) is 48.6 Å². The molecule has 2 saturated heterocycles. The molecule has 14 nitrogen and oxygen atoms in total. The molecular weight excluding hydrogens is 789 g/mol. The second-order valence-corrected chi connectivity index (χ2v) is 16.2. The van der Waals surface area contributed by atoms with Crippen LogP contribution < -0.4 is 0 Å². The van der Waals surface area contributed by atoms with Gasteiger partial charge in [-0.25, -0.2) is 0 Å². The van der Waals surface area contributed by atoms with Crippen molar-refractivity contribution in [2.75, 3.05) is 33.0 Å². The molecule has 354 valence electrons. The van der Waals surface area contributed by atoms with Crippen LogP contribution in [0, 0.1) is 0 Å². The maximum Gasteiger partial charge on any atom is 0.306 e. The topological polar surface area (TPSA) is 214 Å². The van der Waals surface area contributed by atoms with Crippen molar-refractivity contribution in [2.45, 2.75) is 210 Å². The molecule has 0 spiro atoms. The number of hydrogen-bond donors (Lipinski definition) is 7. The van der Waals surface area contributed by atoms with E-state index in [1.165, 1.54) is 70.6 Å². The highest BCUT2D eigenvalue weighted by Gasteiger charge is 2.47. The molecule has 14 heteroatoms. The van der Waals surface area contributed by atoms with Gasteiger partial charge in [-0.15, -0.1) is 0 Å². The highest BCUT2D eigenvalue weighted by Crippen LogP contribution is 2.26. The van der Waals surface area contributed by atoms with Gasteiger partial charge in [-0.2, -0.15) is 0 Å². The third kappa shape index (κ3) is 24.0. The van der Waals surface area contributed by atoms with Crippen molar-refractivity contribution in [2.24, 2.45) is 0 Å². The van der Waals surface area contributed by atoms with Crippen molar-refractivity contribution in [3.8, 4) is 0 Å². The number of rotatable bonds is 35. The van der Waals surface area contributed by atoms with E-state index in [-0.39, 0.29) is 19.6 Å². The molecule has 0 saturated carbocycles. The average molecular weight is 871 g/mol. The summed E-state index contributed by atoms with van der Waals surface area (Å²) in [6.07, 6.45) is 22.0. The van der Waals surface area contributed by atoms with Crippen molar-refractivity contribution in [1.82, 2.24) is 0 Å². The molecule has 2 aliphatic heterocycles. The van der Waals surface area contributed by atoms with Crippen molar-refractivity contribution in [3.05, 3.63) is 48.6 Å². The van der Waals surface area contributed by atoms with E-state index in [0.29, 0.717) is 13.0 Å². The Bertz CT molecular complexity index is 1190. The monoisotopic (exact) mass is 871 g/mol. The Kier molecular flexibility index (Phi) is 31.9. The third-order valence-corrected chi connectivity index (χ3v) is 10.9. The van der Waals surface area contributed by atoms with Gasteiger partial charge in [-0.1, -0.05) is 146 Å². The van der Waals surface area contributed by atoms with E-state index in [2.05, 4.69) is 50.3 Å². The molecule has 2 heterocycles. The molecule has 0 radical (unpaired) electrons. The molecule has 11 atom stereocenters. The maximum absolute atomic E-state index is 12.9. The SMILES string of the molecule is CC/C=C\C/C=C\C/C=C\C/C=C\CCC(=O)OC(COCCCCCCCCCCCCCCCC)COC1OC(COC2OC(CO)C(O)C(O)C2O)C(O)C(O)C1O. The van der Waals surface area contributed by atoms with Gasteiger partial charge in [0.1, 0.15) is 54.9 Å². The molecule has 0 aromatic heterocycles. The van der Waals surface area contributed by atoms with Crippen LogP contribution in [0.5, 0.6) is 0 Å². The summed E-state index contributed by atoms with van der Waals surface area (Å²) < 4.78 is 34.1. The largest absolute Gasteiger partial charge is 0.457 e. The number of aliphatic hydroxyl groups excluding tert-OH is 7. The second-order valence-electron chi connectivity index (χ2n) is 16.2. The van der Waals surface area contributed by atoms with Crippen molar-refractivity contribution in [1.29, 1.82) is 0 Å². The first-order valence-electron chi connectivity index (χ1n) is 23.2. The van der Waals surface area contributed by atoms with Crippen LogP contribution >= 0.6 is 0 Å². The fraction of sp³-hybridized carbons (Fsp3) is 0.809. The Hall–Kier alpha value is -2.05. The van der Waals surface area contributed by atoms with E-state index in [1.54, 1.807) is 0 Å². The molecule has 0 aliphatic carbocycles. The molecule has 11 unspecified atom stereocenters. The minimum Gasteiger partial charge on any atom is -0.457 e. The lowest BCUT2D eigenvalue weighted by atomic mass is 9.98. The molecule has 61 heavy (non-hydrogen) atoms. The summed E-state index contributed by atoms with van der Waals surface area (Å²) in [6, 6.07) is 0. The average Bonchev–Trinajstić information content (AvgIpc) is 3.25. The standard InChI is InChI=1S/C47H82O14/c1-3-5-7-9-11-13-15-17-19-21-23-25-27-29-31-56-33-36(59-39(49)30-28-26-24-22-20-18-16-14-12-10-8-6-4-2)34-57-46-45(55)43(53)41(51)38(61-46)35-58-47-44(54)42(52)40(50)37(32-48)60-47/h6,8,12,14,18,20,24,26,36-38,40-48,50-55H,3-5,7,9-11,13,15-17,19,21-23,25,27-35H2,1-2H3/b8-6-,14-12-,20-18-,26-24-. The minimum atomic E-state index is -1.72. The Balaban J connectivity index is 1.84. The highest BCUT2D eigenvalue weighted by molar-refractivity contribution is 5.69. The zero-order valence-electron chi connectivity index (χ0n) is 37.1. The minimum absolute atomic E-state index is 0.0335. The van der Waals surface area contributed by atoms with Crippen molar-refractivity contribution < 1.29 is 69.0 Å². The van der Waals surface area contributed by atoms with E-state index in [9.17, 15) is 40.5 Å². The fourth-order valence-electron chi connectivity index (χ4n) is 7.06. The van der Waals surface area contributed by atoms with Gasteiger partial charge in [-0.05, 0) is 38.5 Å². The molecule has 0 aromatic rings. The van der Waals surface area contributed by atoms with Crippen LogP contribution in [0.4, 0.5) is 0 Å². The van der Waals surface area contributed by atoms with Gasteiger partial charge in [-0.3, -0.25) is 4.79 Å². The number of unbranched alkanes of at least 4 members (excludes halogenated alkanes) is 13. The normalized spacial score (nSPS) is 27.9. The molecular formula is C47H82O14.